The van der Waals surface area contributed by atoms with Crippen LogP contribution in [0.25, 0.3) is 31.3 Å². The maximum absolute atomic E-state index is 8.02. The predicted octanol–water partition coefficient (Wildman–Crippen LogP) is 1.53. The van der Waals surface area contributed by atoms with Gasteiger partial charge >= 0.3 is 0 Å². The first-order valence-corrected chi connectivity index (χ1v) is 2.63. The Hall–Kier alpha value is -2.11. The van der Waals surface area contributed by atoms with E-state index >= 15 is 0 Å². The van der Waals surface area contributed by atoms with Gasteiger partial charge < -0.3 is 5.73 Å². The van der Waals surface area contributed by atoms with E-state index in [1.54, 1.807) is 0 Å². The first kappa shape index (κ1) is 9.89. The average molecular weight is 168 g/mol. The molecule has 10 nitrogen and oxygen atoms in total. The lowest BCUT2D eigenvalue weighted by atomic mass is 10.4. The molecule has 0 fully saturated rings. The van der Waals surface area contributed by atoms with Gasteiger partial charge in [0.25, 0.3) is 0 Å². The van der Waals surface area contributed by atoms with Crippen LogP contribution in [0.1, 0.15) is 0 Å². The Morgan fingerprint density at radius 2 is 1.33 bits per heavy atom. The molecule has 0 rings (SSSR count). The molecular weight excluding hydrogens is 164 g/mol. The number of nitrogens with zero attached hydrogens (tertiary/aromatic N) is 9. The van der Waals surface area contributed by atoms with Gasteiger partial charge in [-0.1, -0.05) is 15.3 Å². The van der Waals surface area contributed by atoms with E-state index in [9.17, 15) is 0 Å². The molecule has 2 N–H and O–H groups in total. The van der Waals surface area contributed by atoms with Gasteiger partial charge in [-0.2, -0.15) is 0 Å². The molecule has 0 unspecified atom stereocenters. The van der Waals surface area contributed by atoms with Crippen molar-refractivity contribution >= 4 is 0 Å². The van der Waals surface area contributed by atoms with Crippen LogP contribution in [0.4, 0.5) is 0 Å². The molecule has 0 spiro atoms. The van der Waals surface area contributed by atoms with E-state index in [4.69, 9.17) is 22.3 Å². The monoisotopic (exact) mass is 168 g/mol. The SMILES string of the molecule is [N-]=[N+]=NC(CN)(N=[N+]=[N-])N=[N+]=[N-]. The Morgan fingerprint density at radius 1 is 1.00 bits per heavy atom. The van der Waals surface area contributed by atoms with Crippen LogP contribution in [0.3, 0.4) is 0 Å². The zero-order valence-electron chi connectivity index (χ0n) is 5.81. The molecule has 12 heavy (non-hydrogen) atoms. The summed E-state index contributed by atoms with van der Waals surface area (Å²) in [5.41, 5.74) is 29.1. The molecular formula is C2H4N10. The molecule has 0 aromatic carbocycles. The zero-order chi connectivity index (χ0) is 9.45. The van der Waals surface area contributed by atoms with Crippen molar-refractivity contribution in [2.45, 2.75) is 5.79 Å². The van der Waals surface area contributed by atoms with Crippen LogP contribution in [0.5, 0.6) is 0 Å². The molecule has 0 radical (unpaired) electrons. The van der Waals surface area contributed by atoms with Crippen LogP contribution in [0, 0.1) is 0 Å². The molecule has 0 aliphatic heterocycles. The molecule has 10 heteroatoms. The van der Waals surface area contributed by atoms with E-state index in [0.29, 0.717) is 0 Å². The minimum atomic E-state index is -1.90. The highest BCUT2D eigenvalue weighted by molar-refractivity contribution is 4.85. The van der Waals surface area contributed by atoms with Gasteiger partial charge in [0, 0.05) is 21.3 Å². The molecule has 0 heterocycles. The summed E-state index contributed by atoms with van der Waals surface area (Å²) in [5.74, 6) is -1.90. The summed E-state index contributed by atoms with van der Waals surface area (Å²) in [7, 11) is 0. The lowest BCUT2D eigenvalue weighted by Crippen LogP contribution is -2.29. The molecule has 0 saturated carbocycles. The van der Waals surface area contributed by atoms with Gasteiger partial charge in [-0.25, -0.2) is 0 Å². The maximum Gasteiger partial charge on any atom is 0.216 e. The van der Waals surface area contributed by atoms with Crippen molar-refractivity contribution in [3.63, 3.8) is 0 Å². The van der Waals surface area contributed by atoms with E-state index in [2.05, 4.69) is 30.1 Å². The second-order valence-corrected chi connectivity index (χ2v) is 1.55. The normalized spacial score (nSPS) is 12.8. The van der Waals surface area contributed by atoms with E-state index < -0.39 is 5.79 Å². The largest absolute Gasteiger partial charge is 0.330 e. The molecule has 0 amide bonds. The van der Waals surface area contributed by atoms with Gasteiger partial charge in [0.2, 0.25) is 5.79 Å². The Labute approximate surface area is 65.8 Å². The van der Waals surface area contributed by atoms with Crippen molar-refractivity contribution in [2.24, 2.45) is 21.1 Å². The van der Waals surface area contributed by atoms with Gasteiger partial charge in [-0.15, -0.1) is 0 Å². The fourth-order valence-electron chi connectivity index (χ4n) is 0.397. The smallest absolute Gasteiger partial charge is 0.216 e. The van der Waals surface area contributed by atoms with Crippen LogP contribution in [0.15, 0.2) is 15.3 Å². The van der Waals surface area contributed by atoms with E-state index in [-0.39, 0.29) is 6.54 Å². The highest BCUT2D eigenvalue weighted by Gasteiger charge is 2.23. The predicted molar refractivity (Wildman–Crippen MR) is 39.2 cm³/mol. The van der Waals surface area contributed by atoms with E-state index in [1.165, 1.54) is 0 Å². The Morgan fingerprint density at radius 3 is 1.50 bits per heavy atom. The molecule has 0 aromatic heterocycles. The fourth-order valence-corrected chi connectivity index (χ4v) is 0.397. The standard InChI is InChI=1S/C2H4N10/c3-1-2(7-10-4,8-11-5)9-12-6/h1,3H2. The molecule has 0 saturated heterocycles. The van der Waals surface area contributed by atoms with Crippen molar-refractivity contribution in [2.75, 3.05) is 6.54 Å². The van der Waals surface area contributed by atoms with Crippen LogP contribution in [0.2, 0.25) is 0 Å². The molecule has 0 bridgehead atoms. The first-order valence-electron chi connectivity index (χ1n) is 2.63. The number of rotatable bonds is 4. The molecule has 0 aliphatic rings. The van der Waals surface area contributed by atoms with Crippen LogP contribution in [-0.2, 0) is 0 Å². The van der Waals surface area contributed by atoms with E-state index in [1.807, 2.05) is 0 Å². The van der Waals surface area contributed by atoms with Crippen LogP contribution >= 0.6 is 0 Å². The van der Waals surface area contributed by atoms with Crippen molar-refractivity contribution in [1.82, 2.24) is 0 Å². The van der Waals surface area contributed by atoms with Crippen molar-refractivity contribution in [3.8, 4) is 0 Å². The van der Waals surface area contributed by atoms with Crippen molar-refractivity contribution < 1.29 is 0 Å². The quantitative estimate of drug-likeness (QED) is 0.374. The van der Waals surface area contributed by atoms with Crippen LogP contribution < -0.4 is 5.73 Å². The Balaban J connectivity index is 5.13. The summed E-state index contributed by atoms with van der Waals surface area (Å²) >= 11 is 0. The third-order valence-corrected chi connectivity index (χ3v) is 0.888. The minimum Gasteiger partial charge on any atom is -0.330 e. The van der Waals surface area contributed by atoms with Crippen LogP contribution in [-0.4, -0.2) is 12.3 Å². The van der Waals surface area contributed by atoms with Crippen molar-refractivity contribution in [1.29, 1.82) is 0 Å². The second-order valence-electron chi connectivity index (χ2n) is 1.55. The topological polar surface area (TPSA) is 172 Å². The molecule has 0 aromatic rings. The second kappa shape index (κ2) is 4.67. The Bertz CT molecular complexity index is 237. The van der Waals surface area contributed by atoms with Crippen molar-refractivity contribution in [3.05, 3.63) is 31.3 Å². The average Bonchev–Trinajstić information content (AvgIpc) is 2.06. The summed E-state index contributed by atoms with van der Waals surface area (Å²) in [6.45, 7) is -0.384. The number of hydrogen-bond donors (Lipinski definition) is 1. The minimum absolute atomic E-state index is 0.384. The molecule has 62 valence electrons. The number of azide groups is 1. The summed E-state index contributed by atoms with van der Waals surface area (Å²) in [5, 5.41) is 8.90. The lowest BCUT2D eigenvalue weighted by molar-refractivity contribution is 0.467. The van der Waals surface area contributed by atoms with Gasteiger partial charge in [0.05, 0.1) is 0 Å². The highest BCUT2D eigenvalue weighted by Crippen LogP contribution is 2.14. The summed E-state index contributed by atoms with van der Waals surface area (Å²) in [6, 6.07) is 0. The number of hydrogen-bond acceptors (Lipinski definition) is 4. The fraction of sp³-hybridized carbons (Fsp3) is 1.00. The maximum atomic E-state index is 8.02. The highest BCUT2D eigenvalue weighted by atomic mass is 15.5. The third kappa shape index (κ3) is 2.25. The summed E-state index contributed by atoms with van der Waals surface area (Å²) < 4.78 is 0. The van der Waals surface area contributed by atoms with Gasteiger partial charge in [-0.3, -0.25) is 0 Å². The van der Waals surface area contributed by atoms with Gasteiger partial charge in [0.1, 0.15) is 0 Å². The third-order valence-electron chi connectivity index (χ3n) is 0.888. The zero-order valence-corrected chi connectivity index (χ0v) is 5.81. The first-order chi connectivity index (χ1) is 5.74. The van der Waals surface area contributed by atoms with Gasteiger partial charge in [0.15, 0.2) is 0 Å². The lowest BCUT2D eigenvalue weighted by Gasteiger charge is -2.11. The molecule has 0 atom stereocenters. The Kier molecular flexibility index (Phi) is 3.85. The summed E-state index contributed by atoms with van der Waals surface area (Å²) in [4.78, 5) is 6.99. The summed E-state index contributed by atoms with van der Waals surface area (Å²) in [6.07, 6.45) is 0. The van der Waals surface area contributed by atoms with E-state index in [0.717, 1.165) is 0 Å². The molecule has 0 aliphatic carbocycles. The number of nitrogens with two attached hydrogens (primary N) is 1. The van der Waals surface area contributed by atoms with Gasteiger partial charge in [-0.05, 0) is 16.6 Å².